The van der Waals surface area contributed by atoms with Crippen molar-refractivity contribution in [3.8, 4) is 5.69 Å². The Morgan fingerprint density at radius 3 is 2.89 bits per heavy atom. The first-order chi connectivity index (χ1) is 8.63. The predicted molar refractivity (Wildman–Crippen MR) is 70.7 cm³/mol. The zero-order valence-corrected chi connectivity index (χ0v) is 11.2. The Balaban J connectivity index is 2.49. The Kier molecular flexibility index (Phi) is 3.73. The molecule has 18 heavy (non-hydrogen) atoms. The monoisotopic (exact) mass is 310 g/mol. The summed E-state index contributed by atoms with van der Waals surface area (Å²) >= 11 is 3.38. The van der Waals surface area contributed by atoms with Crippen LogP contribution in [0.15, 0.2) is 34.9 Å². The number of nitro groups is 1. The Morgan fingerprint density at radius 2 is 2.22 bits per heavy atom. The first-order valence-electron chi connectivity index (χ1n) is 5.26. The van der Waals surface area contributed by atoms with Crippen LogP contribution in [0.3, 0.4) is 0 Å². The first kappa shape index (κ1) is 12.7. The van der Waals surface area contributed by atoms with Crippen molar-refractivity contribution in [3.63, 3.8) is 0 Å². The number of rotatable bonds is 4. The van der Waals surface area contributed by atoms with Gasteiger partial charge in [-0.15, -0.1) is 0 Å². The summed E-state index contributed by atoms with van der Waals surface area (Å²) in [6.45, 7) is 0.591. The van der Waals surface area contributed by atoms with Crippen molar-refractivity contribution in [2.75, 3.05) is 7.05 Å². The van der Waals surface area contributed by atoms with Gasteiger partial charge in [-0.25, -0.2) is 4.68 Å². The average Bonchev–Trinajstić information content (AvgIpc) is 2.71. The molecule has 0 aliphatic rings. The third kappa shape index (κ3) is 2.41. The Hall–Kier alpha value is -1.73. The summed E-state index contributed by atoms with van der Waals surface area (Å²) in [4.78, 5) is 10.5. The van der Waals surface area contributed by atoms with Crippen molar-refractivity contribution < 1.29 is 4.92 Å². The number of hydrogen-bond donors (Lipinski definition) is 1. The molecule has 2 aromatic rings. The molecule has 0 unspecified atom stereocenters. The van der Waals surface area contributed by atoms with E-state index in [4.69, 9.17) is 0 Å². The molecule has 1 N–H and O–H groups in total. The maximum atomic E-state index is 11.0. The highest BCUT2D eigenvalue weighted by molar-refractivity contribution is 9.10. The van der Waals surface area contributed by atoms with Gasteiger partial charge in [-0.2, -0.15) is 5.10 Å². The highest BCUT2D eigenvalue weighted by Gasteiger charge is 2.16. The zero-order chi connectivity index (χ0) is 13.1. The molecule has 0 amide bonds. The molecule has 0 saturated carbocycles. The van der Waals surface area contributed by atoms with Crippen LogP contribution in [0.4, 0.5) is 5.69 Å². The maximum absolute atomic E-state index is 11.0. The summed E-state index contributed by atoms with van der Waals surface area (Å²) in [6, 6.07) is 6.51. The molecule has 94 valence electrons. The lowest BCUT2D eigenvalue weighted by molar-refractivity contribution is -0.384. The number of hydrogen-bond acceptors (Lipinski definition) is 4. The van der Waals surface area contributed by atoms with E-state index in [0.717, 1.165) is 10.2 Å². The SMILES string of the molecule is CNCc1nn(-c2ccccc2[N+](=O)[O-])cc1Br. The van der Waals surface area contributed by atoms with E-state index in [1.54, 1.807) is 24.4 Å². The molecular weight excluding hydrogens is 300 g/mol. The van der Waals surface area contributed by atoms with Gasteiger partial charge >= 0.3 is 0 Å². The molecule has 7 heteroatoms. The first-order valence-corrected chi connectivity index (χ1v) is 6.05. The third-order valence-corrected chi connectivity index (χ3v) is 3.07. The Morgan fingerprint density at radius 1 is 1.50 bits per heavy atom. The molecule has 2 rings (SSSR count). The van der Waals surface area contributed by atoms with E-state index in [1.165, 1.54) is 10.7 Å². The Labute approximate surface area is 112 Å². The van der Waals surface area contributed by atoms with Gasteiger partial charge in [0.2, 0.25) is 0 Å². The van der Waals surface area contributed by atoms with Gasteiger partial charge < -0.3 is 5.32 Å². The van der Waals surface area contributed by atoms with Crippen LogP contribution in [0.5, 0.6) is 0 Å². The molecule has 0 radical (unpaired) electrons. The number of benzene rings is 1. The van der Waals surface area contributed by atoms with Gasteiger partial charge in [-0.05, 0) is 29.0 Å². The number of para-hydroxylation sites is 2. The summed E-state index contributed by atoms with van der Waals surface area (Å²) < 4.78 is 2.32. The molecule has 0 bridgehead atoms. The second kappa shape index (κ2) is 5.28. The molecule has 6 nitrogen and oxygen atoms in total. The van der Waals surface area contributed by atoms with Crippen LogP contribution in [0, 0.1) is 10.1 Å². The standard InChI is InChI=1S/C11H11BrN4O2/c1-13-6-9-8(12)7-15(14-9)10-4-2-3-5-11(10)16(17)18/h2-5,7,13H,6H2,1H3. The van der Waals surface area contributed by atoms with E-state index >= 15 is 0 Å². The minimum absolute atomic E-state index is 0.0310. The van der Waals surface area contributed by atoms with Crippen molar-refractivity contribution in [2.24, 2.45) is 0 Å². The predicted octanol–water partition coefficient (Wildman–Crippen LogP) is 2.26. The third-order valence-electron chi connectivity index (χ3n) is 2.41. The molecular formula is C11H11BrN4O2. The lowest BCUT2D eigenvalue weighted by atomic mass is 10.3. The van der Waals surface area contributed by atoms with Crippen LogP contribution in [-0.2, 0) is 6.54 Å². The van der Waals surface area contributed by atoms with Crippen molar-refractivity contribution in [2.45, 2.75) is 6.54 Å². The second-order valence-corrected chi connectivity index (χ2v) is 4.50. The lowest BCUT2D eigenvalue weighted by Crippen LogP contribution is -2.07. The van der Waals surface area contributed by atoms with Crippen molar-refractivity contribution in [1.82, 2.24) is 15.1 Å². The minimum Gasteiger partial charge on any atom is -0.314 e. The molecule has 0 spiro atoms. The summed E-state index contributed by atoms with van der Waals surface area (Å²) in [5.41, 5.74) is 1.28. The van der Waals surface area contributed by atoms with Gasteiger partial charge in [0.25, 0.3) is 5.69 Å². The fourth-order valence-corrected chi connectivity index (χ4v) is 2.02. The quantitative estimate of drug-likeness (QED) is 0.694. The number of nitro benzene ring substituents is 1. The topological polar surface area (TPSA) is 73.0 Å². The molecule has 1 aromatic heterocycles. The van der Waals surface area contributed by atoms with Crippen molar-refractivity contribution in [1.29, 1.82) is 0 Å². The number of nitrogens with zero attached hydrogens (tertiary/aromatic N) is 3. The number of nitrogens with one attached hydrogen (secondary N) is 1. The molecule has 1 aromatic carbocycles. The van der Waals surface area contributed by atoms with Crippen LogP contribution < -0.4 is 5.32 Å². The van der Waals surface area contributed by atoms with Crippen LogP contribution >= 0.6 is 15.9 Å². The fourth-order valence-electron chi connectivity index (χ4n) is 1.61. The number of halogens is 1. The fraction of sp³-hybridized carbons (Fsp3) is 0.182. The Bertz CT molecular complexity index is 582. The molecule has 0 atom stereocenters. The van der Waals surface area contributed by atoms with E-state index < -0.39 is 4.92 Å². The van der Waals surface area contributed by atoms with Crippen LogP contribution in [0.1, 0.15) is 5.69 Å². The van der Waals surface area contributed by atoms with Crippen LogP contribution in [0.2, 0.25) is 0 Å². The van der Waals surface area contributed by atoms with E-state index in [9.17, 15) is 10.1 Å². The molecule has 0 aliphatic heterocycles. The smallest absolute Gasteiger partial charge is 0.294 e. The van der Waals surface area contributed by atoms with Gasteiger partial charge in [0.05, 0.1) is 15.1 Å². The minimum atomic E-state index is -0.414. The highest BCUT2D eigenvalue weighted by atomic mass is 79.9. The summed E-state index contributed by atoms with van der Waals surface area (Å²) in [7, 11) is 1.82. The van der Waals surface area contributed by atoms with Crippen LogP contribution in [-0.4, -0.2) is 21.8 Å². The maximum Gasteiger partial charge on any atom is 0.294 e. The van der Waals surface area contributed by atoms with Gasteiger partial charge in [0, 0.05) is 18.8 Å². The largest absolute Gasteiger partial charge is 0.314 e. The molecule has 1 heterocycles. The average molecular weight is 311 g/mol. The van der Waals surface area contributed by atoms with Crippen molar-refractivity contribution in [3.05, 3.63) is 50.7 Å². The van der Waals surface area contributed by atoms with Gasteiger partial charge in [0.1, 0.15) is 5.69 Å². The van der Waals surface area contributed by atoms with Crippen molar-refractivity contribution >= 4 is 21.6 Å². The van der Waals surface area contributed by atoms with Gasteiger partial charge in [-0.3, -0.25) is 10.1 Å². The normalized spacial score (nSPS) is 10.6. The molecule has 0 aliphatic carbocycles. The zero-order valence-electron chi connectivity index (χ0n) is 9.63. The second-order valence-electron chi connectivity index (χ2n) is 3.64. The van der Waals surface area contributed by atoms with Crippen LogP contribution in [0.25, 0.3) is 5.69 Å². The van der Waals surface area contributed by atoms with E-state index in [1.807, 2.05) is 7.05 Å². The highest BCUT2D eigenvalue weighted by Crippen LogP contribution is 2.24. The summed E-state index contributed by atoms with van der Waals surface area (Å²) in [5.74, 6) is 0. The summed E-state index contributed by atoms with van der Waals surface area (Å²) in [6.07, 6.45) is 1.72. The lowest BCUT2D eigenvalue weighted by Gasteiger charge is -2.02. The molecule has 0 fully saturated rings. The van der Waals surface area contributed by atoms with Gasteiger partial charge in [0.15, 0.2) is 0 Å². The number of aromatic nitrogens is 2. The van der Waals surface area contributed by atoms with Gasteiger partial charge in [-0.1, -0.05) is 12.1 Å². The van der Waals surface area contributed by atoms with E-state index in [2.05, 4.69) is 26.3 Å². The summed E-state index contributed by atoms with van der Waals surface area (Å²) in [5, 5.41) is 18.3. The van der Waals surface area contributed by atoms with E-state index in [0.29, 0.717) is 12.2 Å². The molecule has 0 saturated heterocycles. The van der Waals surface area contributed by atoms with E-state index in [-0.39, 0.29) is 5.69 Å².